The molecule has 1 aliphatic heterocycles. The Labute approximate surface area is 158 Å². The maximum Gasteiger partial charge on any atom is 0.114 e. The summed E-state index contributed by atoms with van der Waals surface area (Å²) in [6.45, 7) is 2.48. The van der Waals surface area contributed by atoms with E-state index in [1.807, 2.05) is 36.4 Å². The summed E-state index contributed by atoms with van der Waals surface area (Å²) in [7, 11) is 0. The average Bonchev–Trinajstić information content (AvgIpc) is 2.60. The Hall–Kier alpha value is -1.13. The maximum absolute atomic E-state index is 11.6. The zero-order chi connectivity index (χ0) is 17.4. The standard InChI is InChI=1S/C20H22Cl2N2O/c21-17-8-3-5-14(19(17)22)11-24-12-15-6-4-7-16(13-24)20(15,25)18-9-1-2-10-23-18/h1-3,5,8-10,15-16,25H,4,6-7,11-13H2/t15-,16+,20?. The lowest BCUT2D eigenvalue weighted by Gasteiger charge is -2.52. The second kappa shape index (κ2) is 6.88. The summed E-state index contributed by atoms with van der Waals surface area (Å²) in [6.07, 6.45) is 5.02. The molecule has 2 bridgehead atoms. The number of aliphatic hydroxyl groups is 1. The number of rotatable bonds is 3. The third-order valence-electron chi connectivity index (χ3n) is 5.81. The van der Waals surface area contributed by atoms with Gasteiger partial charge >= 0.3 is 0 Å². The molecular formula is C20H22Cl2N2O. The number of nitrogens with zero attached hydrogens (tertiary/aromatic N) is 2. The second-order valence-electron chi connectivity index (χ2n) is 7.27. The van der Waals surface area contributed by atoms with Crippen LogP contribution in [0.1, 0.15) is 30.5 Å². The summed E-state index contributed by atoms with van der Waals surface area (Å²) < 4.78 is 0. The predicted molar refractivity (Wildman–Crippen MR) is 101 cm³/mol. The molecule has 2 aliphatic rings. The molecule has 1 unspecified atom stereocenters. The number of piperidine rings is 1. The summed E-state index contributed by atoms with van der Waals surface area (Å²) in [4.78, 5) is 6.89. The van der Waals surface area contributed by atoms with E-state index in [0.29, 0.717) is 10.0 Å². The largest absolute Gasteiger partial charge is 0.383 e. The second-order valence-corrected chi connectivity index (χ2v) is 8.06. The van der Waals surface area contributed by atoms with E-state index in [1.54, 1.807) is 6.20 Å². The molecule has 1 N–H and O–H groups in total. The number of halogens is 2. The molecule has 2 heterocycles. The monoisotopic (exact) mass is 376 g/mol. The van der Waals surface area contributed by atoms with E-state index in [4.69, 9.17) is 23.2 Å². The Morgan fingerprint density at radius 2 is 1.84 bits per heavy atom. The van der Waals surface area contributed by atoms with Crippen LogP contribution < -0.4 is 0 Å². The fourth-order valence-corrected chi connectivity index (χ4v) is 4.98. The van der Waals surface area contributed by atoms with Crippen LogP contribution in [0.25, 0.3) is 0 Å². The highest BCUT2D eigenvalue weighted by atomic mass is 35.5. The first-order valence-electron chi connectivity index (χ1n) is 8.88. The highest BCUT2D eigenvalue weighted by molar-refractivity contribution is 6.42. The van der Waals surface area contributed by atoms with Crippen LogP contribution in [0.15, 0.2) is 42.6 Å². The summed E-state index contributed by atoms with van der Waals surface area (Å²) in [6, 6.07) is 11.6. The Kier molecular flexibility index (Phi) is 4.76. The number of hydrogen-bond acceptors (Lipinski definition) is 3. The first-order chi connectivity index (χ1) is 12.1. The van der Waals surface area contributed by atoms with Crippen molar-refractivity contribution in [1.29, 1.82) is 0 Å². The third-order valence-corrected chi connectivity index (χ3v) is 6.67. The van der Waals surface area contributed by atoms with Gasteiger partial charge in [0.15, 0.2) is 0 Å². The SMILES string of the molecule is OC1(c2ccccn2)[C@@H]2CCC[C@H]1CN(Cc1cccc(Cl)c1Cl)C2. The fraction of sp³-hybridized carbons (Fsp3) is 0.450. The Bertz CT molecular complexity index is 739. The quantitative estimate of drug-likeness (QED) is 0.855. The van der Waals surface area contributed by atoms with Crippen LogP contribution in [0.3, 0.4) is 0 Å². The van der Waals surface area contributed by atoms with Crippen LogP contribution in [0.2, 0.25) is 10.0 Å². The van der Waals surface area contributed by atoms with Gasteiger partial charge in [-0.05, 0) is 36.6 Å². The van der Waals surface area contributed by atoms with Crippen LogP contribution >= 0.6 is 23.2 Å². The summed E-state index contributed by atoms with van der Waals surface area (Å²) in [5.41, 5.74) is 1.06. The number of aromatic nitrogens is 1. The minimum absolute atomic E-state index is 0.202. The van der Waals surface area contributed by atoms with Crippen molar-refractivity contribution in [3.8, 4) is 0 Å². The highest BCUT2D eigenvalue weighted by Crippen LogP contribution is 2.48. The molecule has 1 aromatic heterocycles. The molecule has 2 aromatic rings. The minimum atomic E-state index is -0.811. The lowest BCUT2D eigenvalue weighted by atomic mass is 9.64. The number of hydrogen-bond donors (Lipinski definition) is 1. The number of likely N-dealkylation sites (tertiary alicyclic amines) is 1. The van der Waals surface area contributed by atoms with E-state index in [2.05, 4.69) is 9.88 Å². The number of fused-ring (bicyclic) bond motifs is 2. The van der Waals surface area contributed by atoms with Crippen molar-refractivity contribution >= 4 is 23.2 Å². The molecule has 3 nitrogen and oxygen atoms in total. The Balaban J connectivity index is 1.58. The first-order valence-corrected chi connectivity index (χ1v) is 9.63. The van der Waals surface area contributed by atoms with Gasteiger partial charge in [0.25, 0.3) is 0 Å². The van der Waals surface area contributed by atoms with E-state index in [1.165, 1.54) is 6.42 Å². The molecule has 3 atom stereocenters. The van der Waals surface area contributed by atoms with Crippen molar-refractivity contribution in [2.24, 2.45) is 11.8 Å². The van der Waals surface area contributed by atoms with E-state index in [0.717, 1.165) is 43.7 Å². The highest BCUT2D eigenvalue weighted by Gasteiger charge is 2.52. The van der Waals surface area contributed by atoms with Crippen LogP contribution in [0, 0.1) is 11.8 Å². The normalized spacial score (nSPS) is 29.6. The zero-order valence-electron chi connectivity index (χ0n) is 14.0. The molecule has 2 fully saturated rings. The number of benzene rings is 1. The zero-order valence-corrected chi connectivity index (χ0v) is 15.5. The van der Waals surface area contributed by atoms with E-state index in [-0.39, 0.29) is 11.8 Å². The molecule has 1 aliphatic carbocycles. The van der Waals surface area contributed by atoms with E-state index in [9.17, 15) is 5.11 Å². The lowest BCUT2D eigenvalue weighted by molar-refractivity contribution is -0.151. The first kappa shape index (κ1) is 17.3. The molecule has 0 radical (unpaired) electrons. The van der Waals surface area contributed by atoms with Gasteiger partial charge in [-0.1, -0.05) is 47.8 Å². The fourth-order valence-electron chi connectivity index (χ4n) is 4.60. The van der Waals surface area contributed by atoms with Crippen LogP contribution in [0.4, 0.5) is 0 Å². The molecule has 1 saturated heterocycles. The summed E-state index contributed by atoms with van der Waals surface area (Å²) in [5, 5.41) is 12.8. The van der Waals surface area contributed by atoms with Crippen LogP contribution in [-0.4, -0.2) is 28.1 Å². The van der Waals surface area contributed by atoms with Gasteiger partial charge in [0.1, 0.15) is 5.60 Å². The van der Waals surface area contributed by atoms with Crippen molar-refractivity contribution in [3.05, 3.63) is 63.9 Å². The van der Waals surface area contributed by atoms with Crippen molar-refractivity contribution in [2.75, 3.05) is 13.1 Å². The van der Waals surface area contributed by atoms with Gasteiger partial charge < -0.3 is 5.11 Å². The molecule has 1 saturated carbocycles. The predicted octanol–water partition coefficient (Wildman–Crippen LogP) is 4.51. The van der Waals surface area contributed by atoms with E-state index < -0.39 is 5.60 Å². The van der Waals surface area contributed by atoms with Gasteiger partial charge in [-0.15, -0.1) is 0 Å². The Morgan fingerprint density at radius 3 is 2.52 bits per heavy atom. The van der Waals surface area contributed by atoms with Gasteiger partial charge in [0.2, 0.25) is 0 Å². The van der Waals surface area contributed by atoms with Gasteiger partial charge in [0, 0.05) is 37.7 Å². The maximum atomic E-state index is 11.6. The van der Waals surface area contributed by atoms with Gasteiger partial charge in [-0.3, -0.25) is 9.88 Å². The summed E-state index contributed by atoms with van der Waals surface area (Å²) >= 11 is 12.5. The molecular weight excluding hydrogens is 355 g/mol. The molecule has 0 spiro atoms. The molecule has 4 rings (SSSR count). The number of pyridine rings is 1. The minimum Gasteiger partial charge on any atom is -0.383 e. The van der Waals surface area contributed by atoms with Crippen LogP contribution in [0.5, 0.6) is 0 Å². The molecule has 132 valence electrons. The van der Waals surface area contributed by atoms with Crippen LogP contribution in [-0.2, 0) is 12.1 Å². The van der Waals surface area contributed by atoms with Gasteiger partial charge in [-0.2, -0.15) is 0 Å². The van der Waals surface area contributed by atoms with Crippen molar-refractivity contribution in [1.82, 2.24) is 9.88 Å². The van der Waals surface area contributed by atoms with Crippen molar-refractivity contribution in [2.45, 2.75) is 31.4 Å². The third kappa shape index (κ3) is 3.08. The van der Waals surface area contributed by atoms with E-state index >= 15 is 0 Å². The van der Waals surface area contributed by atoms with Crippen molar-refractivity contribution < 1.29 is 5.11 Å². The lowest BCUT2D eigenvalue weighted by Crippen LogP contribution is -2.58. The molecule has 1 aromatic carbocycles. The average molecular weight is 377 g/mol. The van der Waals surface area contributed by atoms with Gasteiger partial charge in [-0.25, -0.2) is 0 Å². The van der Waals surface area contributed by atoms with Gasteiger partial charge in [0.05, 0.1) is 15.7 Å². The van der Waals surface area contributed by atoms with Crippen molar-refractivity contribution in [3.63, 3.8) is 0 Å². The molecule has 5 heteroatoms. The molecule has 0 amide bonds. The smallest absolute Gasteiger partial charge is 0.114 e. The Morgan fingerprint density at radius 1 is 1.08 bits per heavy atom. The summed E-state index contributed by atoms with van der Waals surface area (Å²) in [5.74, 6) is 0.403. The topological polar surface area (TPSA) is 36.4 Å². The molecule has 25 heavy (non-hydrogen) atoms.